The predicted octanol–water partition coefficient (Wildman–Crippen LogP) is 3.22. The van der Waals surface area contributed by atoms with Crippen LogP contribution in [0.2, 0.25) is 0 Å². The van der Waals surface area contributed by atoms with Crippen LogP contribution >= 0.6 is 0 Å². The van der Waals surface area contributed by atoms with Crippen LogP contribution in [-0.4, -0.2) is 28.7 Å². The summed E-state index contributed by atoms with van der Waals surface area (Å²) in [7, 11) is 0. The van der Waals surface area contributed by atoms with E-state index in [4.69, 9.17) is 9.84 Å². The Labute approximate surface area is 130 Å². The van der Waals surface area contributed by atoms with Crippen molar-refractivity contribution in [1.82, 2.24) is 4.98 Å². The molecule has 0 aliphatic heterocycles. The lowest BCUT2D eigenvalue weighted by Crippen LogP contribution is -2.07. The topological polar surface area (TPSA) is 71.5 Å². The van der Waals surface area contributed by atoms with Gasteiger partial charge in [-0.3, -0.25) is 0 Å². The number of carbonyl (C=O) groups is 1. The van der Waals surface area contributed by atoms with Gasteiger partial charge in [0.2, 0.25) is 0 Å². The molecule has 0 fully saturated rings. The van der Waals surface area contributed by atoms with E-state index in [0.29, 0.717) is 5.82 Å². The fourth-order valence-corrected chi connectivity index (χ4v) is 1.97. The molecule has 0 amide bonds. The number of aromatic nitrogens is 1. The van der Waals surface area contributed by atoms with E-state index >= 15 is 0 Å². The van der Waals surface area contributed by atoms with Crippen LogP contribution in [0.1, 0.15) is 29.8 Å². The normalized spacial score (nSPS) is 10.5. The van der Waals surface area contributed by atoms with E-state index in [1.54, 1.807) is 6.07 Å². The molecule has 116 valence electrons. The van der Waals surface area contributed by atoms with Crippen LogP contribution in [0.25, 0.3) is 0 Å². The highest BCUT2D eigenvalue weighted by Gasteiger charge is 2.03. The molecule has 2 N–H and O–H groups in total. The largest absolute Gasteiger partial charge is 0.491 e. The fourth-order valence-electron chi connectivity index (χ4n) is 1.97. The molecule has 0 bridgehead atoms. The number of rotatable bonds is 7. The predicted molar refractivity (Wildman–Crippen MR) is 85.6 cm³/mol. The van der Waals surface area contributed by atoms with Crippen molar-refractivity contribution in [3.8, 4) is 5.75 Å². The fraction of sp³-hybridized carbons (Fsp3) is 0.294. The van der Waals surface area contributed by atoms with E-state index in [1.165, 1.54) is 17.8 Å². The summed E-state index contributed by atoms with van der Waals surface area (Å²) in [6.45, 7) is 4.73. The van der Waals surface area contributed by atoms with Crippen molar-refractivity contribution in [2.45, 2.75) is 26.4 Å². The number of benzene rings is 1. The monoisotopic (exact) mass is 300 g/mol. The Balaban J connectivity index is 1.81. The first-order chi connectivity index (χ1) is 10.5. The Morgan fingerprint density at radius 2 is 1.95 bits per heavy atom. The van der Waals surface area contributed by atoms with Crippen molar-refractivity contribution in [2.24, 2.45) is 0 Å². The summed E-state index contributed by atoms with van der Waals surface area (Å²) >= 11 is 0. The molecule has 2 aromatic rings. The number of nitrogens with zero attached hydrogens (tertiary/aromatic N) is 1. The molecule has 0 aliphatic rings. The Morgan fingerprint density at radius 1 is 1.23 bits per heavy atom. The number of carboxylic acids is 1. The Morgan fingerprint density at radius 3 is 2.50 bits per heavy atom. The first-order valence-corrected chi connectivity index (χ1v) is 7.23. The van der Waals surface area contributed by atoms with Crippen LogP contribution in [0.5, 0.6) is 5.75 Å². The first-order valence-electron chi connectivity index (χ1n) is 7.23. The van der Waals surface area contributed by atoms with Gasteiger partial charge in [-0.25, -0.2) is 9.78 Å². The van der Waals surface area contributed by atoms with Gasteiger partial charge in [0, 0.05) is 12.7 Å². The van der Waals surface area contributed by atoms with Gasteiger partial charge >= 0.3 is 5.97 Å². The number of hydrogen-bond donors (Lipinski definition) is 2. The third-order valence-electron chi connectivity index (χ3n) is 3.03. The molecule has 22 heavy (non-hydrogen) atoms. The third kappa shape index (κ3) is 4.77. The van der Waals surface area contributed by atoms with Crippen LogP contribution < -0.4 is 10.1 Å². The second-order valence-electron chi connectivity index (χ2n) is 5.22. The summed E-state index contributed by atoms with van der Waals surface area (Å²) in [6.07, 6.45) is 2.37. The summed E-state index contributed by atoms with van der Waals surface area (Å²) in [5.74, 6) is 0.574. The maximum absolute atomic E-state index is 10.7. The standard InChI is InChI=1S/C17H20N2O3/c1-12(2)22-15-6-3-13(4-7-15)9-10-18-16-8-5-14(11-19-16)17(20)21/h3-8,11-12H,9-10H2,1-2H3,(H,18,19)(H,20,21). The molecule has 0 unspecified atom stereocenters. The van der Waals surface area contributed by atoms with Crippen LogP contribution in [0, 0.1) is 0 Å². The van der Waals surface area contributed by atoms with E-state index in [1.807, 2.05) is 38.1 Å². The van der Waals surface area contributed by atoms with Crippen molar-refractivity contribution in [3.05, 3.63) is 53.7 Å². The van der Waals surface area contributed by atoms with Crippen molar-refractivity contribution < 1.29 is 14.6 Å². The van der Waals surface area contributed by atoms with E-state index < -0.39 is 5.97 Å². The molecule has 0 atom stereocenters. The molecule has 2 rings (SSSR count). The average Bonchev–Trinajstić information content (AvgIpc) is 2.49. The highest BCUT2D eigenvalue weighted by atomic mass is 16.5. The molecule has 5 nitrogen and oxygen atoms in total. The van der Waals surface area contributed by atoms with Crippen molar-refractivity contribution in [2.75, 3.05) is 11.9 Å². The van der Waals surface area contributed by atoms with E-state index in [9.17, 15) is 4.79 Å². The van der Waals surface area contributed by atoms with Gasteiger partial charge in [-0.1, -0.05) is 12.1 Å². The molecular weight excluding hydrogens is 280 g/mol. The first kappa shape index (κ1) is 15.8. The number of ether oxygens (including phenoxy) is 1. The van der Waals surface area contributed by atoms with Gasteiger partial charge in [-0.2, -0.15) is 0 Å². The minimum Gasteiger partial charge on any atom is -0.491 e. The van der Waals surface area contributed by atoms with Gasteiger partial charge in [0.25, 0.3) is 0 Å². The van der Waals surface area contributed by atoms with Gasteiger partial charge in [0.1, 0.15) is 11.6 Å². The van der Waals surface area contributed by atoms with Gasteiger partial charge in [-0.05, 0) is 50.1 Å². The summed E-state index contributed by atoms with van der Waals surface area (Å²) in [4.78, 5) is 14.8. The summed E-state index contributed by atoms with van der Waals surface area (Å²) in [6, 6.07) is 11.2. The number of aromatic carboxylic acids is 1. The van der Waals surface area contributed by atoms with Crippen LogP contribution in [-0.2, 0) is 6.42 Å². The van der Waals surface area contributed by atoms with Gasteiger partial charge in [-0.15, -0.1) is 0 Å². The van der Waals surface area contributed by atoms with Crippen molar-refractivity contribution >= 4 is 11.8 Å². The maximum Gasteiger partial charge on any atom is 0.337 e. The van der Waals surface area contributed by atoms with Crippen molar-refractivity contribution in [1.29, 1.82) is 0 Å². The molecule has 0 spiro atoms. The number of hydrogen-bond acceptors (Lipinski definition) is 4. The number of pyridine rings is 1. The smallest absolute Gasteiger partial charge is 0.337 e. The second kappa shape index (κ2) is 7.45. The molecule has 1 heterocycles. The molecule has 0 aliphatic carbocycles. The Hall–Kier alpha value is -2.56. The lowest BCUT2D eigenvalue weighted by atomic mass is 10.1. The Kier molecular flexibility index (Phi) is 5.36. The maximum atomic E-state index is 10.7. The quantitative estimate of drug-likeness (QED) is 0.821. The van der Waals surface area contributed by atoms with Crippen molar-refractivity contribution in [3.63, 3.8) is 0 Å². The summed E-state index contributed by atoms with van der Waals surface area (Å²) in [5.41, 5.74) is 1.39. The summed E-state index contributed by atoms with van der Waals surface area (Å²) < 4.78 is 5.60. The number of carboxylic acid groups (broad SMARTS) is 1. The zero-order valence-electron chi connectivity index (χ0n) is 12.7. The van der Waals surface area contributed by atoms with Crippen LogP contribution in [0.4, 0.5) is 5.82 Å². The zero-order chi connectivity index (χ0) is 15.9. The van der Waals surface area contributed by atoms with E-state index in [2.05, 4.69) is 10.3 Å². The second-order valence-corrected chi connectivity index (χ2v) is 5.22. The highest BCUT2D eigenvalue weighted by molar-refractivity contribution is 5.87. The molecule has 0 radical (unpaired) electrons. The third-order valence-corrected chi connectivity index (χ3v) is 3.03. The van der Waals surface area contributed by atoms with Gasteiger partial charge in [0.05, 0.1) is 11.7 Å². The molecular formula is C17H20N2O3. The SMILES string of the molecule is CC(C)Oc1ccc(CCNc2ccc(C(=O)O)cn2)cc1. The van der Waals surface area contributed by atoms with E-state index in [-0.39, 0.29) is 11.7 Å². The van der Waals surface area contributed by atoms with Gasteiger partial charge in [0.15, 0.2) is 0 Å². The lowest BCUT2D eigenvalue weighted by molar-refractivity contribution is 0.0696. The molecule has 0 saturated carbocycles. The van der Waals surface area contributed by atoms with Gasteiger partial charge < -0.3 is 15.2 Å². The minimum atomic E-state index is -0.970. The molecule has 1 aromatic heterocycles. The molecule has 0 saturated heterocycles. The van der Waals surface area contributed by atoms with E-state index in [0.717, 1.165) is 18.7 Å². The highest BCUT2D eigenvalue weighted by Crippen LogP contribution is 2.14. The molecule has 1 aromatic carbocycles. The van der Waals surface area contributed by atoms with Crippen LogP contribution in [0.15, 0.2) is 42.6 Å². The average molecular weight is 300 g/mol. The Bertz CT molecular complexity index is 607. The zero-order valence-corrected chi connectivity index (χ0v) is 12.7. The lowest BCUT2D eigenvalue weighted by Gasteiger charge is -2.10. The molecule has 5 heteroatoms. The number of anilines is 1. The minimum absolute atomic E-state index is 0.173. The summed E-state index contributed by atoms with van der Waals surface area (Å²) in [5, 5.41) is 12.0. The number of nitrogens with one attached hydrogen (secondary N) is 1. The van der Waals surface area contributed by atoms with Crippen LogP contribution in [0.3, 0.4) is 0 Å².